The van der Waals surface area contributed by atoms with Gasteiger partial charge in [-0.25, -0.2) is 8.78 Å². The molecule has 0 bridgehead atoms. The summed E-state index contributed by atoms with van der Waals surface area (Å²) in [5.41, 5.74) is -0.232. The molecule has 2 nitrogen and oxygen atoms in total. The second-order valence-corrected chi connectivity index (χ2v) is 2.22. The third-order valence-corrected chi connectivity index (χ3v) is 1.48. The Morgan fingerprint density at radius 1 is 1.33 bits per heavy atom. The maximum Gasteiger partial charge on any atom is 0.153 e. The van der Waals surface area contributed by atoms with Crippen molar-refractivity contribution < 1.29 is 13.6 Å². The van der Waals surface area contributed by atoms with E-state index in [2.05, 4.69) is 5.32 Å². The molecule has 0 aromatic heterocycles. The fourth-order valence-corrected chi connectivity index (χ4v) is 0.844. The van der Waals surface area contributed by atoms with Gasteiger partial charge in [-0.15, -0.1) is 0 Å². The van der Waals surface area contributed by atoms with Crippen LogP contribution in [0.4, 0.5) is 14.5 Å². The molecule has 1 aromatic rings. The summed E-state index contributed by atoms with van der Waals surface area (Å²) >= 11 is 0. The van der Waals surface area contributed by atoms with Crippen LogP contribution in [0.25, 0.3) is 0 Å². The van der Waals surface area contributed by atoms with E-state index in [0.717, 1.165) is 12.1 Å². The molecule has 0 spiro atoms. The standard InChI is InChI=1S/C8H7F2NO/c1-11-8-3-6(9)5(4-12)2-7(8)10/h2-4,11H,1H3. The molecule has 0 atom stereocenters. The maximum atomic E-state index is 12.8. The van der Waals surface area contributed by atoms with Crippen molar-refractivity contribution >= 4 is 12.0 Å². The molecule has 4 heteroatoms. The van der Waals surface area contributed by atoms with Crippen LogP contribution in [-0.4, -0.2) is 13.3 Å². The van der Waals surface area contributed by atoms with Gasteiger partial charge in [0.2, 0.25) is 0 Å². The third-order valence-electron chi connectivity index (χ3n) is 1.48. The van der Waals surface area contributed by atoms with Crippen LogP contribution in [-0.2, 0) is 0 Å². The zero-order valence-electron chi connectivity index (χ0n) is 6.40. The van der Waals surface area contributed by atoms with Crippen LogP contribution in [0.3, 0.4) is 0 Å². The summed E-state index contributed by atoms with van der Waals surface area (Å²) in [5, 5.41) is 2.46. The Hall–Kier alpha value is -1.45. The molecular formula is C8H7F2NO. The lowest BCUT2D eigenvalue weighted by atomic mass is 10.2. The van der Waals surface area contributed by atoms with Gasteiger partial charge in [-0.2, -0.15) is 0 Å². The molecule has 0 amide bonds. The van der Waals surface area contributed by atoms with Gasteiger partial charge in [0.25, 0.3) is 0 Å². The number of rotatable bonds is 2. The van der Waals surface area contributed by atoms with Gasteiger partial charge in [-0.3, -0.25) is 4.79 Å². The molecule has 0 unspecified atom stereocenters. The summed E-state index contributed by atoms with van der Waals surface area (Å²) in [5.74, 6) is -1.36. The highest BCUT2D eigenvalue weighted by Crippen LogP contribution is 2.17. The Balaban J connectivity index is 3.25. The number of aldehydes is 1. The number of benzene rings is 1. The van der Waals surface area contributed by atoms with Crippen molar-refractivity contribution in [2.75, 3.05) is 12.4 Å². The summed E-state index contributed by atoms with van der Waals surface area (Å²) in [6.07, 6.45) is 0.276. The normalized spacial score (nSPS) is 9.58. The number of anilines is 1. The van der Waals surface area contributed by atoms with Crippen LogP contribution in [0.1, 0.15) is 10.4 Å². The minimum absolute atomic E-state index is 0.0399. The molecule has 0 aliphatic heterocycles. The van der Waals surface area contributed by atoms with Gasteiger partial charge in [0.15, 0.2) is 6.29 Å². The van der Waals surface area contributed by atoms with E-state index in [9.17, 15) is 13.6 Å². The molecule has 0 aliphatic rings. The van der Waals surface area contributed by atoms with Crippen molar-refractivity contribution in [2.45, 2.75) is 0 Å². The second kappa shape index (κ2) is 3.30. The van der Waals surface area contributed by atoms with E-state index in [1.165, 1.54) is 7.05 Å². The lowest BCUT2D eigenvalue weighted by molar-refractivity contribution is 0.111. The molecule has 12 heavy (non-hydrogen) atoms. The second-order valence-electron chi connectivity index (χ2n) is 2.22. The van der Waals surface area contributed by atoms with Crippen molar-refractivity contribution in [3.8, 4) is 0 Å². The predicted molar refractivity (Wildman–Crippen MR) is 41.3 cm³/mol. The van der Waals surface area contributed by atoms with E-state index in [4.69, 9.17) is 0 Å². The predicted octanol–water partition coefficient (Wildman–Crippen LogP) is 1.82. The first-order valence-electron chi connectivity index (χ1n) is 3.31. The zero-order valence-corrected chi connectivity index (χ0v) is 6.40. The lowest BCUT2D eigenvalue weighted by Crippen LogP contribution is -1.97. The highest BCUT2D eigenvalue weighted by Gasteiger charge is 2.07. The number of halogens is 2. The molecule has 0 radical (unpaired) electrons. The van der Waals surface area contributed by atoms with Crippen molar-refractivity contribution in [3.05, 3.63) is 29.3 Å². The summed E-state index contributed by atoms with van der Waals surface area (Å²) in [4.78, 5) is 10.2. The number of nitrogens with one attached hydrogen (secondary N) is 1. The van der Waals surface area contributed by atoms with Gasteiger partial charge in [-0.1, -0.05) is 0 Å². The van der Waals surface area contributed by atoms with E-state index in [1.54, 1.807) is 0 Å². The summed E-state index contributed by atoms with van der Waals surface area (Å²) in [6, 6.07) is 1.80. The number of hydrogen-bond donors (Lipinski definition) is 1. The smallest absolute Gasteiger partial charge is 0.153 e. The maximum absolute atomic E-state index is 12.8. The highest BCUT2D eigenvalue weighted by molar-refractivity contribution is 5.76. The molecule has 0 aliphatic carbocycles. The van der Waals surface area contributed by atoms with E-state index in [1.807, 2.05) is 0 Å². The fourth-order valence-electron chi connectivity index (χ4n) is 0.844. The first-order chi connectivity index (χ1) is 5.69. The van der Waals surface area contributed by atoms with Crippen molar-refractivity contribution in [3.63, 3.8) is 0 Å². The number of carbonyl (C=O) groups excluding carboxylic acids is 1. The lowest BCUT2D eigenvalue weighted by Gasteiger charge is -2.02. The van der Waals surface area contributed by atoms with Gasteiger partial charge < -0.3 is 5.32 Å². The monoisotopic (exact) mass is 171 g/mol. The molecule has 1 aromatic carbocycles. The van der Waals surface area contributed by atoms with Gasteiger partial charge in [0, 0.05) is 13.1 Å². The molecular weight excluding hydrogens is 164 g/mol. The van der Waals surface area contributed by atoms with Crippen LogP contribution in [0.5, 0.6) is 0 Å². The van der Waals surface area contributed by atoms with Crippen LogP contribution in [0, 0.1) is 11.6 Å². The van der Waals surface area contributed by atoms with Crippen LogP contribution >= 0.6 is 0 Å². The van der Waals surface area contributed by atoms with E-state index < -0.39 is 11.6 Å². The topological polar surface area (TPSA) is 29.1 Å². The van der Waals surface area contributed by atoms with Crippen LogP contribution < -0.4 is 5.32 Å². The highest BCUT2D eigenvalue weighted by atomic mass is 19.1. The number of carbonyl (C=O) groups is 1. The average Bonchev–Trinajstić information content (AvgIpc) is 2.08. The van der Waals surface area contributed by atoms with Crippen molar-refractivity contribution in [2.24, 2.45) is 0 Å². The van der Waals surface area contributed by atoms with E-state index >= 15 is 0 Å². The van der Waals surface area contributed by atoms with Crippen molar-refractivity contribution in [1.82, 2.24) is 0 Å². The molecule has 1 rings (SSSR count). The largest absolute Gasteiger partial charge is 0.386 e. The Bertz CT molecular complexity index is 312. The fraction of sp³-hybridized carbons (Fsp3) is 0.125. The molecule has 0 fully saturated rings. The Morgan fingerprint density at radius 3 is 2.50 bits per heavy atom. The number of hydrogen-bond acceptors (Lipinski definition) is 2. The van der Waals surface area contributed by atoms with Crippen LogP contribution in [0.15, 0.2) is 12.1 Å². The summed E-state index contributed by atoms with van der Waals surface area (Å²) < 4.78 is 25.6. The SMILES string of the molecule is CNc1cc(F)c(C=O)cc1F. The molecule has 1 N–H and O–H groups in total. The van der Waals surface area contributed by atoms with Gasteiger partial charge >= 0.3 is 0 Å². The molecule has 0 saturated carbocycles. The summed E-state index contributed by atoms with van der Waals surface area (Å²) in [6.45, 7) is 0. The minimum atomic E-state index is -0.726. The first-order valence-corrected chi connectivity index (χ1v) is 3.31. The quantitative estimate of drug-likeness (QED) is 0.687. The Morgan fingerprint density at radius 2 is 2.00 bits per heavy atom. The van der Waals surface area contributed by atoms with Gasteiger partial charge in [0.1, 0.15) is 11.6 Å². The molecule has 64 valence electrons. The Kier molecular flexibility index (Phi) is 2.38. The third kappa shape index (κ3) is 1.42. The summed E-state index contributed by atoms with van der Waals surface area (Å²) in [7, 11) is 1.47. The molecule has 0 saturated heterocycles. The minimum Gasteiger partial charge on any atom is -0.386 e. The average molecular weight is 171 g/mol. The first kappa shape index (κ1) is 8.64. The molecule has 0 heterocycles. The van der Waals surface area contributed by atoms with Gasteiger partial charge in [0.05, 0.1) is 11.3 Å². The van der Waals surface area contributed by atoms with Crippen molar-refractivity contribution in [1.29, 1.82) is 0 Å². The van der Waals surface area contributed by atoms with Gasteiger partial charge in [-0.05, 0) is 6.07 Å². The van der Waals surface area contributed by atoms with E-state index in [-0.39, 0.29) is 17.5 Å². The Labute approximate surface area is 68.2 Å². The van der Waals surface area contributed by atoms with E-state index in [0.29, 0.717) is 0 Å². The zero-order chi connectivity index (χ0) is 9.14. The van der Waals surface area contributed by atoms with Crippen LogP contribution in [0.2, 0.25) is 0 Å².